The number of rotatable bonds is 7. The zero-order valence-corrected chi connectivity index (χ0v) is 9.21. The van der Waals surface area contributed by atoms with Crippen LogP contribution in [0.2, 0.25) is 0 Å². The third kappa shape index (κ3) is 3.62. The Bertz CT molecular complexity index is 189. The van der Waals surface area contributed by atoms with Gasteiger partial charge in [-0.2, -0.15) is 5.26 Å². The monoisotopic (exact) mass is 200 g/mol. The number of nitriles is 1. The van der Waals surface area contributed by atoms with Crippen molar-refractivity contribution in [3.63, 3.8) is 0 Å². The van der Waals surface area contributed by atoms with Gasteiger partial charge in [-0.3, -0.25) is 5.32 Å². The number of methoxy groups -OCH3 is 1. The smallest absolute Gasteiger partial charge is 0.132 e. The third-order valence-corrected chi connectivity index (χ3v) is 2.33. The van der Waals surface area contributed by atoms with Gasteiger partial charge in [0.05, 0.1) is 12.7 Å². The van der Waals surface area contributed by atoms with Gasteiger partial charge in [0.25, 0.3) is 0 Å². The van der Waals surface area contributed by atoms with E-state index < -0.39 is 5.54 Å². The molecule has 14 heavy (non-hydrogen) atoms. The summed E-state index contributed by atoms with van der Waals surface area (Å²) in [5.74, 6) is 0.172. The van der Waals surface area contributed by atoms with Crippen molar-refractivity contribution in [1.29, 1.82) is 5.26 Å². The molecule has 0 saturated carbocycles. The molecule has 0 fully saturated rings. The van der Waals surface area contributed by atoms with Gasteiger partial charge in [-0.05, 0) is 18.9 Å². The van der Waals surface area contributed by atoms with Gasteiger partial charge in [-0.15, -0.1) is 0 Å². The van der Waals surface area contributed by atoms with Crippen LogP contribution in [0.3, 0.4) is 0 Å². The largest absolute Gasteiger partial charge is 0.396 e. The molecule has 0 aliphatic rings. The Labute approximate surface area is 85.9 Å². The first-order chi connectivity index (χ1) is 6.63. The zero-order valence-electron chi connectivity index (χ0n) is 9.21. The Morgan fingerprint density at radius 1 is 1.57 bits per heavy atom. The molecule has 0 aromatic carbocycles. The van der Waals surface area contributed by atoms with Crippen LogP contribution < -0.4 is 5.32 Å². The minimum Gasteiger partial charge on any atom is -0.396 e. The minimum absolute atomic E-state index is 0.138. The highest BCUT2D eigenvalue weighted by Gasteiger charge is 2.33. The summed E-state index contributed by atoms with van der Waals surface area (Å²) in [4.78, 5) is 0. The van der Waals surface area contributed by atoms with Crippen molar-refractivity contribution in [3.8, 4) is 6.07 Å². The van der Waals surface area contributed by atoms with E-state index in [1.54, 1.807) is 7.11 Å². The Hall–Kier alpha value is -0.630. The molecular weight excluding hydrogens is 180 g/mol. The zero-order chi connectivity index (χ0) is 11.0. The predicted octanol–water partition coefficient (Wildman–Crippen LogP) is 0.523. The second-order valence-corrected chi connectivity index (χ2v) is 3.67. The molecule has 4 nitrogen and oxygen atoms in total. The highest BCUT2D eigenvalue weighted by atomic mass is 16.5. The van der Waals surface area contributed by atoms with Crippen molar-refractivity contribution >= 4 is 0 Å². The molecule has 4 heteroatoms. The Morgan fingerprint density at radius 3 is 2.57 bits per heavy atom. The molecule has 2 N–H and O–H groups in total. The molecule has 0 aromatic rings. The van der Waals surface area contributed by atoms with Crippen LogP contribution in [-0.4, -0.2) is 37.5 Å². The van der Waals surface area contributed by atoms with Crippen LogP contribution in [0.4, 0.5) is 0 Å². The van der Waals surface area contributed by atoms with Crippen LogP contribution in [0.15, 0.2) is 0 Å². The molecule has 0 aromatic heterocycles. The summed E-state index contributed by atoms with van der Waals surface area (Å²) in [5.41, 5.74) is -0.635. The first kappa shape index (κ1) is 13.4. The van der Waals surface area contributed by atoms with Crippen LogP contribution >= 0.6 is 0 Å². The van der Waals surface area contributed by atoms with Crippen molar-refractivity contribution in [1.82, 2.24) is 5.32 Å². The SMILES string of the molecule is COCC(C#N)(NCCCO)C(C)C. The fourth-order valence-electron chi connectivity index (χ4n) is 1.24. The third-order valence-electron chi connectivity index (χ3n) is 2.33. The Balaban J connectivity index is 4.29. The second kappa shape index (κ2) is 6.77. The summed E-state index contributed by atoms with van der Waals surface area (Å²) in [6.45, 7) is 5.10. The van der Waals surface area contributed by atoms with E-state index in [0.29, 0.717) is 19.6 Å². The van der Waals surface area contributed by atoms with E-state index in [0.717, 1.165) is 0 Å². The lowest BCUT2D eigenvalue weighted by atomic mass is 9.88. The highest BCUT2D eigenvalue weighted by Crippen LogP contribution is 2.16. The minimum atomic E-state index is -0.635. The average molecular weight is 200 g/mol. The van der Waals surface area contributed by atoms with Crippen LogP contribution in [0.1, 0.15) is 20.3 Å². The van der Waals surface area contributed by atoms with E-state index >= 15 is 0 Å². The fourth-order valence-corrected chi connectivity index (χ4v) is 1.24. The van der Waals surface area contributed by atoms with E-state index in [9.17, 15) is 0 Å². The van der Waals surface area contributed by atoms with E-state index in [1.807, 2.05) is 13.8 Å². The number of aliphatic hydroxyl groups is 1. The number of hydrogen-bond donors (Lipinski definition) is 2. The molecule has 0 aliphatic heterocycles. The van der Waals surface area contributed by atoms with Crippen molar-refractivity contribution in [2.75, 3.05) is 26.9 Å². The summed E-state index contributed by atoms with van der Waals surface area (Å²) >= 11 is 0. The molecule has 0 aliphatic carbocycles. The molecule has 1 atom stereocenters. The first-order valence-corrected chi connectivity index (χ1v) is 4.89. The highest BCUT2D eigenvalue weighted by molar-refractivity contribution is 5.09. The molecule has 0 rings (SSSR count). The summed E-state index contributed by atoms with van der Waals surface area (Å²) in [5, 5.41) is 20.9. The molecule has 0 radical (unpaired) electrons. The summed E-state index contributed by atoms with van der Waals surface area (Å²) in [6.07, 6.45) is 0.653. The average Bonchev–Trinajstić information content (AvgIpc) is 2.16. The maximum absolute atomic E-state index is 9.12. The van der Waals surface area contributed by atoms with Crippen molar-refractivity contribution < 1.29 is 9.84 Å². The predicted molar refractivity (Wildman–Crippen MR) is 54.8 cm³/mol. The normalized spacial score (nSPS) is 15.1. The number of nitrogens with one attached hydrogen (secondary N) is 1. The fraction of sp³-hybridized carbons (Fsp3) is 0.900. The van der Waals surface area contributed by atoms with E-state index in [4.69, 9.17) is 15.1 Å². The summed E-state index contributed by atoms with van der Waals surface area (Å²) < 4.78 is 5.04. The van der Waals surface area contributed by atoms with Crippen LogP contribution in [-0.2, 0) is 4.74 Å². The van der Waals surface area contributed by atoms with Gasteiger partial charge in [0.15, 0.2) is 0 Å². The second-order valence-electron chi connectivity index (χ2n) is 3.67. The van der Waals surface area contributed by atoms with Gasteiger partial charge in [0.2, 0.25) is 0 Å². The molecule has 1 unspecified atom stereocenters. The first-order valence-electron chi connectivity index (χ1n) is 4.89. The number of aliphatic hydroxyl groups excluding tert-OH is 1. The van der Waals surface area contributed by atoms with Crippen molar-refractivity contribution in [2.24, 2.45) is 5.92 Å². The Kier molecular flexibility index (Phi) is 6.46. The molecule has 0 amide bonds. The van der Waals surface area contributed by atoms with Gasteiger partial charge < -0.3 is 9.84 Å². The van der Waals surface area contributed by atoms with Gasteiger partial charge in [0, 0.05) is 13.7 Å². The molecule has 0 saturated heterocycles. The van der Waals surface area contributed by atoms with E-state index in [1.165, 1.54) is 0 Å². The van der Waals surface area contributed by atoms with Gasteiger partial charge >= 0.3 is 0 Å². The number of ether oxygens (including phenoxy) is 1. The molecule has 0 heterocycles. The van der Waals surface area contributed by atoms with Gasteiger partial charge in [-0.25, -0.2) is 0 Å². The lowest BCUT2D eigenvalue weighted by molar-refractivity contribution is 0.110. The maximum atomic E-state index is 9.12. The van der Waals surface area contributed by atoms with Crippen molar-refractivity contribution in [3.05, 3.63) is 0 Å². The lowest BCUT2D eigenvalue weighted by Gasteiger charge is -2.31. The van der Waals surface area contributed by atoms with E-state index in [-0.39, 0.29) is 12.5 Å². The standard InChI is InChI=1S/C10H20N2O2/c1-9(2)10(7-11,8-14-3)12-5-4-6-13/h9,12-13H,4-6,8H2,1-3H3. The lowest BCUT2D eigenvalue weighted by Crippen LogP contribution is -2.52. The number of nitrogens with zero attached hydrogens (tertiary/aromatic N) is 1. The van der Waals surface area contributed by atoms with Gasteiger partial charge in [0.1, 0.15) is 5.54 Å². The van der Waals surface area contributed by atoms with Crippen LogP contribution in [0.25, 0.3) is 0 Å². The van der Waals surface area contributed by atoms with Crippen LogP contribution in [0, 0.1) is 17.2 Å². The summed E-state index contributed by atoms with van der Waals surface area (Å²) in [6, 6.07) is 2.26. The molecule has 82 valence electrons. The van der Waals surface area contributed by atoms with E-state index in [2.05, 4.69) is 11.4 Å². The van der Waals surface area contributed by atoms with Gasteiger partial charge in [-0.1, -0.05) is 13.8 Å². The van der Waals surface area contributed by atoms with Crippen molar-refractivity contribution in [2.45, 2.75) is 25.8 Å². The maximum Gasteiger partial charge on any atom is 0.132 e. The van der Waals surface area contributed by atoms with Crippen LogP contribution in [0.5, 0.6) is 0 Å². The molecule has 0 spiro atoms. The molecular formula is C10H20N2O2. The molecule has 0 bridgehead atoms. The quantitative estimate of drug-likeness (QED) is 0.588. The number of hydrogen-bond acceptors (Lipinski definition) is 4. The Morgan fingerprint density at radius 2 is 2.21 bits per heavy atom. The topological polar surface area (TPSA) is 65.3 Å². The summed E-state index contributed by atoms with van der Waals surface area (Å²) in [7, 11) is 1.59.